The molecule has 0 atom stereocenters. The van der Waals surface area contributed by atoms with Gasteiger partial charge in [0.25, 0.3) is 0 Å². The third-order valence-electron chi connectivity index (χ3n) is 0. The van der Waals surface area contributed by atoms with Crippen LogP contribution in [0.15, 0.2) is 0 Å². The molecule has 0 N–H and O–H groups in total. The molecule has 0 heterocycles. The summed E-state index contributed by atoms with van der Waals surface area (Å²) in [5.74, 6) is 0. The van der Waals surface area contributed by atoms with Gasteiger partial charge in [-0.25, -0.2) is 0 Å². The molecule has 7 radical (unpaired) electrons. The van der Waals surface area contributed by atoms with Crippen molar-refractivity contribution < 1.29 is 22.4 Å². The van der Waals surface area contributed by atoms with E-state index in [1.165, 1.54) is 0 Å². The summed E-state index contributed by atoms with van der Waals surface area (Å²) in [4.78, 5) is 0. The maximum atomic E-state index is 0. The first kappa shape index (κ1) is 37.1. The summed E-state index contributed by atoms with van der Waals surface area (Å²) in [5, 5.41) is 0. The zero-order valence-corrected chi connectivity index (χ0v) is 18.9. The third kappa shape index (κ3) is 18.2. The van der Waals surface area contributed by atoms with Gasteiger partial charge < -0.3 is 0 Å². The van der Waals surface area contributed by atoms with Crippen LogP contribution in [0.3, 0.4) is 0 Å². The van der Waals surface area contributed by atoms with Crippen molar-refractivity contribution in [2.45, 2.75) is 0 Å². The predicted octanol–water partition coefficient (Wildman–Crippen LogP) is -3.40. The summed E-state index contributed by atoms with van der Waals surface area (Å²) in [6.45, 7) is 0. The van der Waals surface area contributed by atoms with E-state index in [0.29, 0.717) is 0 Å². The van der Waals surface area contributed by atoms with Crippen LogP contribution in [0.5, 0.6) is 0 Å². The number of rotatable bonds is 0. The van der Waals surface area contributed by atoms with Gasteiger partial charge in [0.05, 0.1) is 0 Å². The van der Waals surface area contributed by atoms with Gasteiger partial charge in [-0.15, -0.1) is 0 Å². The Morgan fingerprint density at radius 2 is 1.00 bits per heavy atom. The molecule has 0 aliphatic carbocycles. The van der Waals surface area contributed by atoms with Crippen molar-refractivity contribution in [1.29, 1.82) is 0 Å². The van der Waals surface area contributed by atoms with Crippen molar-refractivity contribution in [2.24, 2.45) is 0 Å². The average molecular weight is 642 g/mol. The molecule has 0 aromatic rings. The van der Waals surface area contributed by atoms with Crippen molar-refractivity contribution in [3.63, 3.8) is 0 Å². The fraction of sp³-hybridized carbons (Fsp3) is 0. The van der Waals surface area contributed by atoms with Gasteiger partial charge >= 0.3 is 92.7 Å². The van der Waals surface area contributed by atoms with Gasteiger partial charge in [0, 0.05) is 22.4 Å². The molecule has 0 bridgehead atoms. The van der Waals surface area contributed by atoms with Crippen LogP contribution < -0.4 is 0 Å². The molecule has 0 saturated carbocycles. The summed E-state index contributed by atoms with van der Waals surface area (Å²) in [7, 11) is 0. The molecule has 0 saturated heterocycles. The first-order valence-corrected chi connectivity index (χ1v) is 0. The first-order valence-electron chi connectivity index (χ1n) is 0. The summed E-state index contributed by atoms with van der Waals surface area (Å²) in [6, 6.07) is 0. The first-order chi connectivity index (χ1) is 0. The van der Waals surface area contributed by atoms with Crippen molar-refractivity contribution in [2.75, 3.05) is 0 Å². The molecule has 0 spiro atoms. The SMILES string of the molecule is [Ag].[PbH2].[SbH2].[SeH].[SnH2]. The molecular formula is H7AgPbSbSeSn. The molecule has 0 amide bonds. The maximum absolute atomic E-state index is 0. The molecule has 0 aromatic carbocycles. The van der Waals surface area contributed by atoms with Crippen molar-refractivity contribution >= 4 is 92.7 Å². The van der Waals surface area contributed by atoms with Crippen LogP contribution in [0.1, 0.15) is 0 Å². The minimum absolute atomic E-state index is 0. The van der Waals surface area contributed by atoms with Gasteiger partial charge in [-0.3, -0.25) is 0 Å². The van der Waals surface area contributed by atoms with Crippen molar-refractivity contribution in [3.8, 4) is 0 Å². The molecule has 5 heteroatoms. The standard InChI is InChI=1S/Ag.Pb.Sb.HSe.Sn.6H/h;;;1H;;;;;;;. The fourth-order valence-corrected chi connectivity index (χ4v) is 0. The van der Waals surface area contributed by atoms with E-state index in [-0.39, 0.29) is 115 Å². The average Bonchev–Trinajstić information content (AvgIpc) is 0. The Morgan fingerprint density at radius 1 is 1.00 bits per heavy atom. The van der Waals surface area contributed by atoms with Gasteiger partial charge in [-0.05, 0) is 0 Å². The molecule has 37 valence electrons. The Balaban J connectivity index is 0. The van der Waals surface area contributed by atoms with Crippen molar-refractivity contribution in [1.82, 2.24) is 0 Å². The van der Waals surface area contributed by atoms with Crippen LogP contribution in [0, 0.1) is 0 Å². The molecule has 0 rings (SSSR count). The van der Waals surface area contributed by atoms with E-state index in [2.05, 4.69) is 0 Å². The topological polar surface area (TPSA) is 0 Å². The van der Waals surface area contributed by atoms with Crippen LogP contribution in [-0.2, 0) is 22.4 Å². The minimum atomic E-state index is 0. The van der Waals surface area contributed by atoms with E-state index >= 15 is 0 Å². The zero-order chi connectivity index (χ0) is 0. The molecule has 0 aliphatic rings. The van der Waals surface area contributed by atoms with E-state index in [1.54, 1.807) is 0 Å². The summed E-state index contributed by atoms with van der Waals surface area (Å²) >= 11 is 0. The predicted molar refractivity (Wildman–Crippen MR) is 32.8 cm³/mol. The second-order valence-corrected chi connectivity index (χ2v) is 0. The molecule has 5 heavy (non-hydrogen) atoms. The van der Waals surface area contributed by atoms with E-state index in [9.17, 15) is 0 Å². The molecule has 0 unspecified atom stereocenters. The zero-order valence-electron chi connectivity index (χ0n) is 2.74. The molecule has 0 aromatic heterocycles. The summed E-state index contributed by atoms with van der Waals surface area (Å²) < 4.78 is 0. The van der Waals surface area contributed by atoms with Crippen LogP contribution in [0.2, 0.25) is 0 Å². The quantitative estimate of drug-likeness (QED) is 0.243. The second kappa shape index (κ2) is 25.0. The molecule has 0 aliphatic heterocycles. The second-order valence-electron chi connectivity index (χ2n) is 0. The van der Waals surface area contributed by atoms with Gasteiger partial charge in [0.2, 0.25) is 0 Å². The molecule has 0 fully saturated rings. The van der Waals surface area contributed by atoms with E-state index in [0.717, 1.165) is 0 Å². The Morgan fingerprint density at radius 3 is 1.00 bits per heavy atom. The van der Waals surface area contributed by atoms with Crippen LogP contribution in [0.25, 0.3) is 0 Å². The van der Waals surface area contributed by atoms with E-state index < -0.39 is 0 Å². The Kier molecular flexibility index (Phi) is 185. The summed E-state index contributed by atoms with van der Waals surface area (Å²) in [5.41, 5.74) is 0. The monoisotopic (exact) mass is 643 g/mol. The Bertz CT molecular complexity index is 11.6. The number of hydrogen-bond acceptors (Lipinski definition) is 0. The molecular weight excluding hydrogens is 634 g/mol. The Labute approximate surface area is 113 Å². The van der Waals surface area contributed by atoms with Crippen LogP contribution in [-0.4, -0.2) is 92.7 Å². The third-order valence-corrected chi connectivity index (χ3v) is 0. The van der Waals surface area contributed by atoms with Gasteiger partial charge in [0.15, 0.2) is 0 Å². The fourth-order valence-electron chi connectivity index (χ4n) is 0. The Hall–Kier alpha value is 3.80. The summed E-state index contributed by atoms with van der Waals surface area (Å²) in [6.07, 6.45) is 0. The van der Waals surface area contributed by atoms with Crippen LogP contribution in [0.4, 0.5) is 0 Å². The van der Waals surface area contributed by atoms with Gasteiger partial charge in [0.1, 0.15) is 0 Å². The van der Waals surface area contributed by atoms with Gasteiger partial charge in [-0.2, -0.15) is 0 Å². The number of hydrogen-bond donors (Lipinski definition) is 0. The molecule has 0 nitrogen and oxygen atoms in total. The van der Waals surface area contributed by atoms with Gasteiger partial charge in [-0.1, -0.05) is 0 Å². The van der Waals surface area contributed by atoms with E-state index in [1.807, 2.05) is 0 Å². The van der Waals surface area contributed by atoms with E-state index in [4.69, 9.17) is 0 Å². The normalized spacial score (nSPS) is 0. The van der Waals surface area contributed by atoms with Crippen molar-refractivity contribution in [3.05, 3.63) is 0 Å². The van der Waals surface area contributed by atoms with Crippen LogP contribution >= 0.6 is 0 Å².